The maximum absolute atomic E-state index is 11.9. The zero-order chi connectivity index (χ0) is 15.2. The quantitative estimate of drug-likeness (QED) is 0.812. The molecule has 2 rings (SSSR count). The Kier molecular flexibility index (Phi) is 4.90. The molecule has 0 spiro atoms. The summed E-state index contributed by atoms with van der Waals surface area (Å²) in [5.74, 6) is -0.554. The van der Waals surface area contributed by atoms with Crippen molar-refractivity contribution in [2.75, 3.05) is 20.2 Å². The summed E-state index contributed by atoms with van der Waals surface area (Å²) in [7, 11) is 1.31. The number of methoxy groups -OCH3 is 1. The zero-order valence-electron chi connectivity index (χ0n) is 11.8. The summed E-state index contributed by atoms with van der Waals surface area (Å²) in [5.41, 5.74) is 1.60. The van der Waals surface area contributed by atoms with E-state index in [0.717, 1.165) is 5.56 Å². The lowest BCUT2D eigenvalue weighted by molar-refractivity contribution is -0.146. The number of ether oxygens (including phenoxy) is 1. The van der Waals surface area contributed by atoms with Crippen molar-refractivity contribution < 1.29 is 14.3 Å². The molecule has 1 aliphatic heterocycles. The molecule has 0 saturated carbocycles. The van der Waals surface area contributed by atoms with E-state index in [9.17, 15) is 9.59 Å². The highest BCUT2D eigenvalue weighted by molar-refractivity contribution is 5.87. The number of nitrogens with zero attached hydrogens (tertiary/aromatic N) is 2. The van der Waals surface area contributed by atoms with Crippen molar-refractivity contribution in [1.82, 2.24) is 10.2 Å². The van der Waals surface area contributed by atoms with E-state index >= 15 is 0 Å². The van der Waals surface area contributed by atoms with Crippen LogP contribution in [0.1, 0.15) is 17.5 Å². The number of amides is 1. The Labute approximate surface area is 123 Å². The Morgan fingerprint density at radius 2 is 2.19 bits per heavy atom. The van der Waals surface area contributed by atoms with Crippen molar-refractivity contribution in [3.63, 3.8) is 0 Å². The Morgan fingerprint density at radius 3 is 2.81 bits per heavy atom. The van der Waals surface area contributed by atoms with Crippen molar-refractivity contribution in [2.24, 2.45) is 0 Å². The van der Waals surface area contributed by atoms with Crippen LogP contribution in [0.15, 0.2) is 24.3 Å². The molecule has 1 amide bonds. The lowest BCUT2D eigenvalue weighted by Crippen LogP contribution is -2.55. The van der Waals surface area contributed by atoms with Crippen LogP contribution in [0.3, 0.4) is 0 Å². The normalized spacial score (nSPS) is 18.7. The predicted octanol–water partition coefficient (Wildman–Crippen LogP) is 0.422. The first-order valence-electron chi connectivity index (χ1n) is 6.71. The molecule has 110 valence electrons. The van der Waals surface area contributed by atoms with E-state index in [0.29, 0.717) is 25.2 Å². The molecule has 1 heterocycles. The molecule has 0 aliphatic carbocycles. The maximum atomic E-state index is 11.9. The molecule has 1 aliphatic rings. The third kappa shape index (κ3) is 3.80. The number of rotatable bonds is 4. The van der Waals surface area contributed by atoms with Gasteiger partial charge in [-0.3, -0.25) is 14.5 Å². The van der Waals surface area contributed by atoms with Crippen molar-refractivity contribution in [2.45, 2.75) is 19.0 Å². The van der Waals surface area contributed by atoms with Crippen LogP contribution in [0.5, 0.6) is 0 Å². The highest BCUT2D eigenvalue weighted by atomic mass is 16.5. The number of nitriles is 1. The van der Waals surface area contributed by atoms with E-state index in [1.54, 1.807) is 12.1 Å². The van der Waals surface area contributed by atoms with E-state index in [2.05, 4.69) is 16.1 Å². The Morgan fingerprint density at radius 1 is 1.48 bits per heavy atom. The van der Waals surface area contributed by atoms with Crippen molar-refractivity contribution in [1.29, 1.82) is 5.26 Å². The van der Waals surface area contributed by atoms with Crippen LogP contribution in [-0.2, 0) is 20.9 Å². The number of hydrogen-bond donors (Lipinski definition) is 1. The molecule has 1 saturated heterocycles. The van der Waals surface area contributed by atoms with Crippen molar-refractivity contribution >= 4 is 11.9 Å². The fourth-order valence-corrected chi connectivity index (χ4v) is 2.33. The van der Waals surface area contributed by atoms with Gasteiger partial charge in [0.15, 0.2) is 0 Å². The van der Waals surface area contributed by atoms with Crippen LogP contribution in [0.25, 0.3) is 0 Å². The van der Waals surface area contributed by atoms with Crippen molar-refractivity contribution in [3.8, 4) is 6.07 Å². The molecule has 0 aromatic heterocycles. The molecular weight excluding hydrogens is 270 g/mol. The van der Waals surface area contributed by atoms with E-state index in [4.69, 9.17) is 5.26 Å². The average molecular weight is 287 g/mol. The highest BCUT2D eigenvalue weighted by Gasteiger charge is 2.31. The molecular formula is C15H17N3O3. The van der Waals surface area contributed by atoms with Gasteiger partial charge < -0.3 is 10.1 Å². The lowest BCUT2D eigenvalue weighted by atomic mass is 10.1. The van der Waals surface area contributed by atoms with Crippen LogP contribution < -0.4 is 5.32 Å². The zero-order valence-corrected chi connectivity index (χ0v) is 11.8. The largest absolute Gasteiger partial charge is 0.469 e. The van der Waals surface area contributed by atoms with Gasteiger partial charge in [0.1, 0.15) is 6.04 Å². The van der Waals surface area contributed by atoms with Gasteiger partial charge >= 0.3 is 5.97 Å². The minimum atomic E-state index is -0.512. The fraction of sp³-hybridized carbons (Fsp3) is 0.400. The van der Waals surface area contributed by atoms with E-state index in [1.807, 2.05) is 17.0 Å². The number of hydrogen-bond acceptors (Lipinski definition) is 5. The highest BCUT2D eigenvalue weighted by Crippen LogP contribution is 2.15. The maximum Gasteiger partial charge on any atom is 0.307 e. The van der Waals surface area contributed by atoms with Crippen LogP contribution >= 0.6 is 0 Å². The number of esters is 1. The minimum absolute atomic E-state index is 0.0403. The molecule has 0 bridgehead atoms. The minimum Gasteiger partial charge on any atom is -0.469 e. The second kappa shape index (κ2) is 6.86. The predicted molar refractivity (Wildman–Crippen MR) is 75.0 cm³/mol. The molecule has 6 nitrogen and oxygen atoms in total. The monoisotopic (exact) mass is 287 g/mol. The van der Waals surface area contributed by atoms with Crippen LogP contribution in [0.4, 0.5) is 0 Å². The topological polar surface area (TPSA) is 82.4 Å². The summed E-state index contributed by atoms with van der Waals surface area (Å²) in [4.78, 5) is 25.3. The molecule has 1 fully saturated rings. The van der Waals surface area contributed by atoms with E-state index in [1.165, 1.54) is 7.11 Å². The number of carbonyl (C=O) groups is 2. The Hall–Kier alpha value is -2.39. The SMILES string of the molecule is COC(=O)CC1C(=O)NCCN1Cc1ccc(C#N)cc1. The molecule has 0 radical (unpaired) electrons. The van der Waals surface area contributed by atoms with Crippen LogP contribution in [-0.4, -0.2) is 43.0 Å². The van der Waals surface area contributed by atoms with Gasteiger partial charge in [0, 0.05) is 19.6 Å². The molecule has 1 aromatic rings. The lowest BCUT2D eigenvalue weighted by Gasteiger charge is -2.34. The second-order valence-electron chi connectivity index (χ2n) is 4.87. The van der Waals surface area contributed by atoms with Gasteiger partial charge in [0.05, 0.1) is 25.2 Å². The van der Waals surface area contributed by atoms with Gasteiger partial charge in [-0.2, -0.15) is 5.26 Å². The van der Waals surface area contributed by atoms with Gasteiger partial charge in [-0.1, -0.05) is 12.1 Å². The molecule has 21 heavy (non-hydrogen) atoms. The molecule has 1 aromatic carbocycles. The third-order valence-corrected chi connectivity index (χ3v) is 3.50. The Balaban J connectivity index is 2.09. The van der Waals surface area contributed by atoms with Gasteiger partial charge in [0.25, 0.3) is 0 Å². The number of nitrogens with one attached hydrogen (secondary N) is 1. The van der Waals surface area contributed by atoms with Crippen LogP contribution in [0.2, 0.25) is 0 Å². The smallest absolute Gasteiger partial charge is 0.307 e. The molecule has 1 N–H and O–H groups in total. The van der Waals surface area contributed by atoms with E-state index < -0.39 is 12.0 Å². The summed E-state index contributed by atoms with van der Waals surface area (Å²) in [6.07, 6.45) is 0.0403. The fourth-order valence-electron chi connectivity index (χ4n) is 2.33. The molecule has 1 unspecified atom stereocenters. The van der Waals surface area contributed by atoms with Crippen molar-refractivity contribution in [3.05, 3.63) is 35.4 Å². The molecule has 6 heteroatoms. The number of benzene rings is 1. The first-order valence-corrected chi connectivity index (χ1v) is 6.71. The summed E-state index contributed by atoms with van der Waals surface area (Å²) in [6, 6.07) is 8.77. The van der Waals surface area contributed by atoms with Gasteiger partial charge in [0.2, 0.25) is 5.91 Å². The number of carbonyl (C=O) groups excluding carboxylic acids is 2. The van der Waals surface area contributed by atoms with Gasteiger partial charge in [-0.05, 0) is 17.7 Å². The summed E-state index contributed by atoms with van der Waals surface area (Å²) in [5, 5.41) is 11.6. The summed E-state index contributed by atoms with van der Waals surface area (Å²) >= 11 is 0. The van der Waals surface area contributed by atoms with Gasteiger partial charge in [-0.25, -0.2) is 0 Å². The summed E-state index contributed by atoms with van der Waals surface area (Å²) in [6.45, 7) is 1.79. The first kappa shape index (κ1) is 15.0. The third-order valence-electron chi connectivity index (χ3n) is 3.50. The average Bonchev–Trinajstić information content (AvgIpc) is 2.51. The second-order valence-corrected chi connectivity index (χ2v) is 4.87. The number of piperazine rings is 1. The summed E-state index contributed by atoms with van der Waals surface area (Å²) < 4.78 is 4.65. The van der Waals surface area contributed by atoms with Gasteiger partial charge in [-0.15, -0.1) is 0 Å². The van der Waals surface area contributed by atoms with E-state index in [-0.39, 0.29) is 12.3 Å². The first-order chi connectivity index (χ1) is 10.1. The Bertz CT molecular complexity index is 563. The molecule has 1 atom stereocenters. The van der Waals surface area contributed by atoms with Crippen LogP contribution in [0, 0.1) is 11.3 Å². The standard InChI is InChI=1S/C15H17N3O3/c1-21-14(19)8-13-15(20)17-6-7-18(13)10-12-4-2-11(9-16)3-5-12/h2-5,13H,6-8,10H2,1H3,(H,17,20).